The molecule has 7 nitrogen and oxygen atoms in total. The Balaban J connectivity index is 1.80. The predicted octanol–water partition coefficient (Wildman–Crippen LogP) is 2.89. The largest absolute Gasteiger partial charge is 0.417 e. The Labute approximate surface area is 172 Å². The van der Waals surface area contributed by atoms with Crippen LogP contribution in [0.4, 0.5) is 23.8 Å². The number of carbonyl (C=O) groups excluding carboxylic acids is 2. The fourth-order valence-electron chi connectivity index (χ4n) is 2.78. The van der Waals surface area contributed by atoms with Crippen LogP contribution in [-0.4, -0.2) is 60.6 Å². The van der Waals surface area contributed by atoms with Crippen molar-refractivity contribution in [3.8, 4) is 0 Å². The summed E-state index contributed by atoms with van der Waals surface area (Å²) in [6.07, 6.45) is -2.72. The van der Waals surface area contributed by atoms with Gasteiger partial charge < -0.3 is 20.4 Å². The lowest BCUT2D eigenvalue weighted by Gasteiger charge is -2.35. The van der Waals surface area contributed by atoms with Crippen LogP contribution in [0.2, 0.25) is 5.02 Å². The first-order valence-corrected chi connectivity index (χ1v) is 9.79. The smallest absolute Gasteiger partial charge is 0.354 e. The first-order valence-electron chi connectivity index (χ1n) is 9.41. The standard InChI is InChI=1S/C18H25ClF3N5O2/c1-3-12(2)25-15(28)4-5-23-17(29)27-8-6-26(7-9-27)16-14(19)10-13(11-24-16)18(20,21)22/h10-12H,3-9H2,1-2H3,(H,23,29)(H,25,28). The zero-order valence-electron chi connectivity index (χ0n) is 16.4. The van der Waals surface area contributed by atoms with Gasteiger partial charge in [0.25, 0.3) is 0 Å². The number of pyridine rings is 1. The second-order valence-electron chi connectivity index (χ2n) is 6.86. The number of carbonyl (C=O) groups is 2. The van der Waals surface area contributed by atoms with Crippen molar-refractivity contribution in [3.05, 3.63) is 22.8 Å². The van der Waals surface area contributed by atoms with Crippen LogP contribution in [0.5, 0.6) is 0 Å². The lowest BCUT2D eigenvalue weighted by molar-refractivity contribution is -0.137. The van der Waals surface area contributed by atoms with Gasteiger partial charge in [0.2, 0.25) is 5.91 Å². The summed E-state index contributed by atoms with van der Waals surface area (Å²) in [6, 6.07) is 0.664. The minimum atomic E-state index is -4.50. The number of nitrogens with zero attached hydrogens (tertiary/aromatic N) is 3. The molecule has 29 heavy (non-hydrogen) atoms. The highest BCUT2D eigenvalue weighted by atomic mass is 35.5. The van der Waals surface area contributed by atoms with E-state index in [0.717, 1.165) is 18.7 Å². The summed E-state index contributed by atoms with van der Waals surface area (Å²) in [7, 11) is 0. The monoisotopic (exact) mass is 435 g/mol. The first-order chi connectivity index (χ1) is 13.6. The van der Waals surface area contributed by atoms with Crippen molar-refractivity contribution in [2.75, 3.05) is 37.6 Å². The molecule has 1 unspecified atom stereocenters. The third-order valence-corrected chi connectivity index (χ3v) is 4.94. The molecule has 1 saturated heterocycles. The number of amides is 3. The lowest BCUT2D eigenvalue weighted by Crippen LogP contribution is -2.52. The summed E-state index contributed by atoms with van der Waals surface area (Å²) in [4.78, 5) is 31.1. The van der Waals surface area contributed by atoms with Gasteiger partial charge >= 0.3 is 12.2 Å². The number of rotatable bonds is 6. The third kappa shape index (κ3) is 6.66. The van der Waals surface area contributed by atoms with Crippen molar-refractivity contribution in [2.45, 2.75) is 38.9 Å². The molecule has 2 N–H and O–H groups in total. The van der Waals surface area contributed by atoms with E-state index in [1.54, 1.807) is 9.80 Å². The minimum Gasteiger partial charge on any atom is -0.354 e. The Morgan fingerprint density at radius 1 is 1.28 bits per heavy atom. The van der Waals surface area contributed by atoms with E-state index >= 15 is 0 Å². The van der Waals surface area contributed by atoms with Crippen molar-refractivity contribution in [1.82, 2.24) is 20.5 Å². The predicted molar refractivity (Wildman–Crippen MR) is 104 cm³/mol. The van der Waals surface area contributed by atoms with Gasteiger partial charge in [-0.05, 0) is 19.4 Å². The van der Waals surface area contributed by atoms with Crippen LogP contribution in [0.3, 0.4) is 0 Å². The summed E-state index contributed by atoms with van der Waals surface area (Å²) >= 11 is 5.98. The zero-order chi connectivity index (χ0) is 21.6. The van der Waals surface area contributed by atoms with Crippen molar-refractivity contribution < 1.29 is 22.8 Å². The van der Waals surface area contributed by atoms with Gasteiger partial charge in [-0.2, -0.15) is 13.2 Å². The Morgan fingerprint density at radius 2 is 1.93 bits per heavy atom. The fourth-order valence-corrected chi connectivity index (χ4v) is 3.07. The molecule has 0 aliphatic carbocycles. The lowest BCUT2D eigenvalue weighted by atomic mass is 10.2. The van der Waals surface area contributed by atoms with Gasteiger partial charge in [-0.1, -0.05) is 18.5 Å². The normalized spacial score (nSPS) is 15.8. The van der Waals surface area contributed by atoms with Crippen molar-refractivity contribution in [2.24, 2.45) is 0 Å². The summed E-state index contributed by atoms with van der Waals surface area (Å²) in [5, 5.41) is 5.45. The minimum absolute atomic E-state index is 0.0787. The maximum Gasteiger partial charge on any atom is 0.417 e. The van der Waals surface area contributed by atoms with Crippen LogP contribution in [0.25, 0.3) is 0 Å². The molecule has 11 heteroatoms. The molecule has 1 fully saturated rings. The molecular formula is C18H25ClF3N5O2. The summed E-state index contributed by atoms with van der Waals surface area (Å²) in [5.41, 5.74) is -0.901. The molecule has 0 aromatic carbocycles. The molecule has 2 heterocycles. The number of alkyl halides is 3. The van der Waals surface area contributed by atoms with E-state index < -0.39 is 11.7 Å². The highest BCUT2D eigenvalue weighted by molar-refractivity contribution is 6.33. The van der Waals surface area contributed by atoms with Gasteiger partial charge in [0.15, 0.2) is 0 Å². The van der Waals surface area contributed by atoms with Crippen LogP contribution in [-0.2, 0) is 11.0 Å². The highest BCUT2D eigenvalue weighted by Crippen LogP contribution is 2.33. The van der Waals surface area contributed by atoms with Gasteiger partial charge in [-0.15, -0.1) is 0 Å². The zero-order valence-corrected chi connectivity index (χ0v) is 17.1. The van der Waals surface area contributed by atoms with Crippen LogP contribution in [0.15, 0.2) is 12.3 Å². The highest BCUT2D eigenvalue weighted by Gasteiger charge is 2.32. The summed E-state index contributed by atoms with van der Waals surface area (Å²) in [5.74, 6) is 0.147. The molecule has 0 spiro atoms. The summed E-state index contributed by atoms with van der Waals surface area (Å²) < 4.78 is 38.2. The first kappa shape index (κ1) is 23.1. The number of hydrogen-bond donors (Lipinski definition) is 2. The maximum absolute atomic E-state index is 12.7. The SMILES string of the molecule is CCC(C)NC(=O)CCNC(=O)N1CCN(c2ncc(C(F)(F)F)cc2Cl)CC1. The van der Waals surface area contributed by atoms with Gasteiger partial charge in [-0.25, -0.2) is 9.78 Å². The number of anilines is 1. The van der Waals surface area contributed by atoms with Crippen LogP contribution in [0, 0.1) is 0 Å². The van der Waals surface area contributed by atoms with E-state index in [1.165, 1.54) is 0 Å². The summed E-state index contributed by atoms with van der Waals surface area (Å²) in [6.45, 7) is 5.62. The van der Waals surface area contributed by atoms with Gasteiger partial charge in [0, 0.05) is 51.4 Å². The molecule has 1 aliphatic rings. The van der Waals surface area contributed by atoms with E-state index in [-0.39, 0.29) is 41.8 Å². The molecule has 0 saturated carbocycles. The Kier molecular flexibility index (Phi) is 7.95. The average Bonchev–Trinajstić information content (AvgIpc) is 2.67. The number of aromatic nitrogens is 1. The maximum atomic E-state index is 12.7. The van der Waals surface area contributed by atoms with Gasteiger partial charge in [-0.3, -0.25) is 4.79 Å². The van der Waals surface area contributed by atoms with Gasteiger partial charge in [0.1, 0.15) is 5.82 Å². The molecular weight excluding hydrogens is 411 g/mol. The molecule has 1 atom stereocenters. The molecule has 1 aliphatic heterocycles. The number of urea groups is 1. The Morgan fingerprint density at radius 3 is 2.48 bits per heavy atom. The number of piperazine rings is 1. The van der Waals surface area contributed by atoms with E-state index in [0.29, 0.717) is 26.2 Å². The van der Waals surface area contributed by atoms with E-state index in [1.807, 2.05) is 13.8 Å². The van der Waals surface area contributed by atoms with Crippen LogP contribution < -0.4 is 15.5 Å². The molecule has 162 valence electrons. The molecule has 0 bridgehead atoms. The molecule has 1 aromatic heterocycles. The van der Waals surface area contributed by atoms with Crippen molar-refractivity contribution >= 4 is 29.4 Å². The average molecular weight is 436 g/mol. The van der Waals surface area contributed by atoms with Crippen molar-refractivity contribution in [1.29, 1.82) is 0 Å². The van der Waals surface area contributed by atoms with E-state index in [2.05, 4.69) is 15.6 Å². The molecule has 2 rings (SSSR count). The Bertz CT molecular complexity index is 724. The van der Waals surface area contributed by atoms with E-state index in [4.69, 9.17) is 11.6 Å². The van der Waals surface area contributed by atoms with Crippen molar-refractivity contribution in [3.63, 3.8) is 0 Å². The van der Waals surface area contributed by atoms with Gasteiger partial charge in [0.05, 0.1) is 10.6 Å². The number of nitrogens with one attached hydrogen (secondary N) is 2. The van der Waals surface area contributed by atoms with E-state index in [9.17, 15) is 22.8 Å². The fraction of sp³-hybridized carbons (Fsp3) is 0.611. The van der Waals surface area contributed by atoms with Crippen LogP contribution in [0.1, 0.15) is 32.3 Å². The second-order valence-corrected chi connectivity index (χ2v) is 7.27. The molecule has 1 aromatic rings. The number of halogens is 4. The topological polar surface area (TPSA) is 77.6 Å². The quantitative estimate of drug-likeness (QED) is 0.720. The molecule has 3 amide bonds. The second kappa shape index (κ2) is 10.00. The number of hydrogen-bond acceptors (Lipinski definition) is 4. The molecule has 0 radical (unpaired) electrons. The third-order valence-electron chi connectivity index (χ3n) is 4.66. The van der Waals surface area contributed by atoms with Crippen LogP contribution >= 0.6 is 11.6 Å². The Hall–Kier alpha value is -2.23.